The maximum atomic E-state index is 12.3. The topological polar surface area (TPSA) is 49.4 Å². The lowest BCUT2D eigenvalue weighted by Crippen LogP contribution is -2.49. The Hall–Kier alpha value is -0.130. The Morgan fingerprint density at radius 1 is 1.18 bits per heavy atom. The number of sulfonamides is 1. The lowest BCUT2D eigenvalue weighted by Gasteiger charge is -2.37. The van der Waals surface area contributed by atoms with Crippen LogP contribution in [-0.4, -0.2) is 43.6 Å². The van der Waals surface area contributed by atoms with Gasteiger partial charge < -0.3 is 5.32 Å². The van der Waals surface area contributed by atoms with E-state index in [9.17, 15) is 8.42 Å². The molecule has 0 radical (unpaired) electrons. The van der Waals surface area contributed by atoms with Crippen LogP contribution in [0.25, 0.3) is 0 Å². The highest BCUT2D eigenvalue weighted by Gasteiger charge is 2.33. The van der Waals surface area contributed by atoms with Gasteiger partial charge in [0.15, 0.2) is 0 Å². The lowest BCUT2D eigenvalue weighted by molar-refractivity contribution is 0.204. The van der Waals surface area contributed by atoms with E-state index < -0.39 is 10.0 Å². The molecule has 0 aromatic heterocycles. The van der Waals surface area contributed by atoms with Crippen LogP contribution in [0.2, 0.25) is 0 Å². The van der Waals surface area contributed by atoms with Crippen molar-refractivity contribution in [3.8, 4) is 0 Å². The van der Waals surface area contributed by atoms with Gasteiger partial charge in [-0.3, -0.25) is 0 Å². The first kappa shape index (κ1) is 14.9. The van der Waals surface area contributed by atoms with E-state index in [0.29, 0.717) is 6.54 Å². The van der Waals surface area contributed by atoms with Gasteiger partial charge in [-0.1, -0.05) is 13.3 Å². The van der Waals surface area contributed by atoms with Crippen molar-refractivity contribution in [1.82, 2.24) is 9.62 Å². The molecule has 4 nitrogen and oxygen atoms in total. The molecule has 102 valence electrons. The zero-order valence-electron chi connectivity index (χ0n) is 11.3. The van der Waals surface area contributed by atoms with E-state index in [2.05, 4.69) is 12.2 Å². The minimum Gasteiger partial charge on any atom is -0.316 e. The van der Waals surface area contributed by atoms with E-state index in [1.807, 2.05) is 13.8 Å². The molecule has 0 aliphatic carbocycles. The number of hydrogen-bond acceptors (Lipinski definition) is 3. The Morgan fingerprint density at radius 3 is 2.29 bits per heavy atom. The molecule has 1 saturated heterocycles. The van der Waals surface area contributed by atoms with Crippen LogP contribution in [0, 0.1) is 0 Å². The summed E-state index contributed by atoms with van der Waals surface area (Å²) in [5, 5.41) is 3.15. The molecule has 1 heterocycles. The zero-order valence-corrected chi connectivity index (χ0v) is 12.1. The minimum absolute atomic E-state index is 0.162. The van der Waals surface area contributed by atoms with Gasteiger partial charge in [-0.2, -0.15) is 4.31 Å². The minimum atomic E-state index is -3.09. The second-order valence-corrected chi connectivity index (χ2v) is 7.02. The molecule has 5 heteroatoms. The fourth-order valence-electron chi connectivity index (χ4n) is 2.55. The summed E-state index contributed by atoms with van der Waals surface area (Å²) >= 11 is 0. The molecule has 1 aliphatic rings. The van der Waals surface area contributed by atoms with Gasteiger partial charge in [-0.05, 0) is 39.7 Å². The quantitative estimate of drug-likeness (QED) is 0.739. The first-order valence-corrected chi connectivity index (χ1v) is 8.32. The second kappa shape index (κ2) is 6.71. The Kier molecular flexibility index (Phi) is 5.89. The van der Waals surface area contributed by atoms with Crippen LogP contribution in [0.5, 0.6) is 0 Å². The summed E-state index contributed by atoms with van der Waals surface area (Å²) < 4.78 is 26.2. The predicted molar refractivity (Wildman–Crippen MR) is 71.6 cm³/mol. The summed E-state index contributed by atoms with van der Waals surface area (Å²) in [6.45, 7) is 7.57. The van der Waals surface area contributed by atoms with Crippen LogP contribution in [0.1, 0.15) is 46.5 Å². The highest BCUT2D eigenvalue weighted by Crippen LogP contribution is 2.25. The largest absolute Gasteiger partial charge is 0.316 e. The molecule has 1 aliphatic heterocycles. The molecule has 17 heavy (non-hydrogen) atoms. The Bertz CT molecular complexity index is 306. The standard InChI is InChI=1S/C12H26N2O2S/c1-4-8-13-9-10-17(15,16)14-11(2)6-5-7-12(14)3/h11-13H,4-10H2,1-3H3/t11-,12+. The third-order valence-electron chi connectivity index (χ3n) is 3.40. The van der Waals surface area contributed by atoms with Crippen molar-refractivity contribution in [2.75, 3.05) is 18.8 Å². The van der Waals surface area contributed by atoms with Crippen molar-refractivity contribution in [2.45, 2.75) is 58.5 Å². The molecule has 0 aromatic carbocycles. The highest BCUT2D eigenvalue weighted by molar-refractivity contribution is 7.89. The van der Waals surface area contributed by atoms with E-state index in [1.54, 1.807) is 4.31 Å². The lowest BCUT2D eigenvalue weighted by atomic mass is 10.0. The molecule has 0 aromatic rings. The molecular weight excluding hydrogens is 236 g/mol. The van der Waals surface area contributed by atoms with Gasteiger partial charge in [0.2, 0.25) is 10.0 Å². The molecule has 2 atom stereocenters. The van der Waals surface area contributed by atoms with Crippen molar-refractivity contribution in [3.63, 3.8) is 0 Å². The molecule has 1 rings (SSSR count). The van der Waals surface area contributed by atoms with Crippen molar-refractivity contribution in [2.24, 2.45) is 0 Å². The molecular formula is C12H26N2O2S. The SMILES string of the molecule is CCCNCCS(=O)(=O)N1[C@H](C)CCC[C@@H]1C. The van der Waals surface area contributed by atoms with Gasteiger partial charge in [0.25, 0.3) is 0 Å². The molecule has 0 bridgehead atoms. The van der Waals surface area contributed by atoms with Crippen molar-refractivity contribution < 1.29 is 8.42 Å². The van der Waals surface area contributed by atoms with Gasteiger partial charge in [0, 0.05) is 18.6 Å². The van der Waals surface area contributed by atoms with Gasteiger partial charge in [0.05, 0.1) is 5.75 Å². The molecule has 0 spiro atoms. The summed E-state index contributed by atoms with van der Waals surface area (Å²) in [5.41, 5.74) is 0. The Morgan fingerprint density at radius 2 is 1.76 bits per heavy atom. The zero-order chi connectivity index (χ0) is 12.9. The van der Waals surface area contributed by atoms with E-state index in [-0.39, 0.29) is 17.8 Å². The number of rotatable bonds is 6. The first-order chi connectivity index (χ1) is 7.99. The summed E-state index contributed by atoms with van der Waals surface area (Å²) in [7, 11) is -3.09. The normalized spacial score (nSPS) is 27.2. The van der Waals surface area contributed by atoms with Gasteiger partial charge in [0.1, 0.15) is 0 Å². The molecule has 1 N–H and O–H groups in total. The number of piperidine rings is 1. The third kappa shape index (κ3) is 4.23. The van der Waals surface area contributed by atoms with E-state index in [1.165, 1.54) is 0 Å². The van der Waals surface area contributed by atoms with Crippen molar-refractivity contribution in [3.05, 3.63) is 0 Å². The van der Waals surface area contributed by atoms with Crippen molar-refractivity contribution >= 4 is 10.0 Å². The molecule has 0 amide bonds. The van der Waals surface area contributed by atoms with Crippen LogP contribution < -0.4 is 5.32 Å². The molecule has 0 saturated carbocycles. The molecule has 1 fully saturated rings. The molecule has 0 unspecified atom stereocenters. The summed E-state index contributed by atoms with van der Waals surface area (Å²) in [6, 6.07) is 0.324. The summed E-state index contributed by atoms with van der Waals surface area (Å²) in [5.74, 6) is 0.224. The van der Waals surface area contributed by atoms with Crippen LogP contribution >= 0.6 is 0 Å². The Labute approximate surface area is 106 Å². The summed E-state index contributed by atoms with van der Waals surface area (Å²) in [6.07, 6.45) is 4.16. The second-order valence-electron chi connectivity index (χ2n) is 5.02. The number of nitrogens with one attached hydrogen (secondary N) is 1. The monoisotopic (exact) mass is 262 g/mol. The fraction of sp³-hybridized carbons (Fsp3) is 1.00. The number of nitrogens with zero attached hydrogens (tertiary/aromatic N) is 1. The number of hydrogen-bond donors (Lipinski definition) is 1. The fourth-order valence-corrected chi connectivity index (χ4v) is 4.47. The smallest absolute Gasteiger partial charge is 0.215 e. The van der Waals surface area contributed by atoms with Crippen LogP contribution in [0.3, 0.4) is 0 Å². The van der Waals surface area contributed by atoms with Crippen LogP contribution in [-0.2, 0) is 10.0 Å². The maximum Gasteiger partial charge on any atom is 0.215 e. The van der Waals surface area contributed by atoms with Crippen molar-refractivity contribution in [1.29, 1.82) is 0 Å². The van der Waals surface area contributed by atoms with Gasteiger partial charge in [-0.15, -0.1) is 0 Å². The van der Waals surface area contributed by atoms with Crippen LogP contribution in [0.15, 0.2) is 0 Å². The average Bonchev–Trinajstić information content (AvgIpc) is 2.24. The van der Waals surface area contributed by atoms with Crippen LogP contribution in [0.4, 0.5) is 0 Å². The third-order valence-corrected chi connectivity index (χ3v) is 5.48. The predicted octanol–water partition coefficient (Wildman–Crippen LogP) is 1.58. The first-order valence-electron chi connectivity index (χ1n) is 6.71. The van der Waals surface area contributed by atoms with Gasteiger partial charge >= 0.3 is 0 Å². The average molecular weight is 262 g/mol. The Balaban J connectivity index is 2.55. The van der Waals surface area contributed by atoms with E-state index >= 15 is 0 Å². The van der Waals surface area contributed by atoms with Gasteiger partial charge in [-0.25, -0.2) is 8.42 Å². The van der Waals surface area contributed by atoms with E-state index in [4.69, 9.17) is 0 Å². The maximum absolute atomic E-state index is 12.3. The van der Waals surface area contributed by atoms with E-state index in [0.717, 1.165) is 32.2 Å². The summed E-state index contributed by atoms with van der Waals surface area (Å²) in [4.78, 5) is 0. The highest BCUT2D eigenvalue weighted by atomic mass is 32.2.